The molecule has 2 rings (SSSR count). The van der Waals surface area contributed by atoms with Crippen LogP contribution in [-0.4, -0.2) is 52.4 Å². The van der Waals surface area contributed by atoms with Crippen LogP contribution in [0, 0.1) is 6.92 Å². The van der Waals surface area contributed by atoms with Crippen LogP contribution in [0.15, 0.2) is 0 Å². The Bertz CT molecular complexity index is 425. The molecule has 1 aliphatic rings. The van der Waals surface area contributed by atoms with Gasteiger partial charge in [0.1, 0.15) is 5.82 Å². The van der Waals surface area contributed by atoms with Crippen LogP contribution in [0.3, 0.4) is 0 Å². The molecule has 19 heavy (non-hydrogen) atoms. The highest BCUT2D eigenvalue weighted by Gasteiger charge is 2.22. The number of hydrogen-bond acceptors (Lipinski definition) is 6. The van der Waals surface area contributed by atoms with Crippen molar-refractivity contribution in [3.63, 3.8) is 0 Å². The van der Waals surface area contributed by atoms with Gasteiger partial charge in [0, 0.05) is 37.7 Å². The van der Waals surface area contributed by atoms with Gasteiger partial charge in [-0.25, -0.2) is 4.98 Å². The molecule has 0 aliphatic carbocycles. The molecule has 1 unspecified atom stereocenters. The number of amides is 1. The molecule has 6 nitrogen and oxygen atoms in total. The van der Waals surface area contributed by atoms with Crippen LogP contribution in [-0.2, 0) is 4.79 Å². The smallest absolute Gasteiger partial charge is 0.239 e. The Morgan fingerprint density at radius 3 is 2.68 bits per heavy atom. The normalized spacial score (nSPS) is 17.6. The predicted octanol–water partition coefficient (Wildman–Crippen LogP) is 0.654. The molecule has 2 heterocycles. The largest absolute Gasteiger partial charge is 0.345 e. The lowest BCUT2D eigenvalue weighted by Gasteiger charge is -2.22. The molecule has 1 aliphatic heterocycles. The second-order valence-electron chi connectivity index (χ2n) is 4.58. The number of aryl methyl sites for hydroxylation is 1. The first-order chi connectivity index (χ1) is 8.58. The summed E-state index contributed by atoms with van der Waals surface area (Å²) in [5, 5.41) is 0.947. The lowest BCUT2D eigenvalue weighted by molar-refractivity contribution is -0.131. The Balaban J connectivity index is 0.00000180. The van der Waals surface area contributed by atoms with Crippen molar-refractivity contribution in [2.24, 2.45) is 5.73 Å². The second-order valence-corrected chi connectivity index (χ2v) is 5.31. The van der Waals surface area contributed by atoms with Gasteiger partial charge in [-0.1, -0.05) is 0 Å². The van der Waals surface area contributed by atoms with Gasteiger partial charge in [0.25, 0.3) is 0 Å². The molecule has 0 radical (unpaired) electrons. The highest BCUT2D eigenvalue weighted by Crippen LogP contribution is 2.18. The predicted molar refractivity (Wildman–Crippen MR) is 79.0 cm³/mol. The van der Waals surface area contributed by atoms with Crippen molar-refractivity contribution < 1.29 is 4.79 Å². The second kappa shape index (κ2) is 7.02. The topological polar surface area (TPSA) is 75.4 Å². The molecule has 1 atom stereocenters. The zero-order valence-corrected chi connectivity index (χ0v) is 12.8. The van der Waals surface area contributed by atoms with Crippen molar-refractivity contribution in [3.8, 4) is 0 Å². The van der Waals surface area contributed by atoms with Crippen LogP contribution >= 0.6 is 23.9 Å². The van der Waals surface area contributed by atoms with Gasteiger partial charge in [-0.2, -0.15) is 4.37 Å². The number of nitrogens with two attached hydrogens (primary N) is 1. The Labute approximate surface area is 123 Å². The minimum atomic E-state index is -0.416. The van der Waals surface area contributed by atoms with E-state index in [0.717, 1.165) is 37.0 Å². The van der Waals surface area contributed by atoms with Gasteiger partial charge >= 0.3 is 0 Å². The Kier molecular flexibility index (Phi) is 5.96. The van der Waals surface area contributed by atoms with Crippen molar-refractivity contribution in [1.82, 2.24) is 14.3 Å². The van der Waals surface area contributed by atoms with Gasteiger partial charge in [0.05, 0.1) is 6.04 Å². The van der Waals surface area contributed by atoms with Crippen molar-refractivity contribution in [3.05, 3.63) is 5.82 Å². The first-order valence-electron chi connectivity index (χ1n) is 6.17. The molecular formula is C11H20ClN5OS. The summed E-state index contributed by atoms with van der Waals surface area (Å²) in [5.41, 5.74) is 5.64. The zero-order valence-electron chi connectivity index (χ0n) is 11.2. The molecular weight excluding hydrogens is 286 g/mol. The number of anilines is 1. The van der Waals surface area contributed by atoms with E-state index >= 15 is 0 Å². The molecule has 2 N–H and O–H groups in total. The number of carbonyl (C=O) groups is 1. The molecule has 1 aromatic rings. The lowest BCUT2D eigenvalue weighted by atomic mass is 10.3. The van der Waals surface area contributed by atoms with Crippen molar-refractivity contribution in [1.29, 1.82) is 0 Å². The summed E-state index contributed by atoms with van der Waals surface area (Å²) in [6.45, 7) is 6.82. The first-order valence-corrected chi connectivity index (χ1v) is 6.95. The van der Waals surface area contributed by atoms with E-state index in [0.29, 0.717) is 6.54 Å². The van der Waals surface area contributed by atoms with Crippen LogP contribution in [0.2, 0.25) is 0 Å². The van der Waals surface area contributed by atoms with Gasteiger partial charge in [-0.05, 0) is 20.3 Å². The third-order valence-corrected chi connectivity index (χ3v) is 3.85. The fourth-order valence-corrected chi connectivity index (χ4v) is 2.76. The molecule has 0 aromatic carbocycles. The monoisotopic (exact) mass is 305 g/mol. The van der Waals surface area contributed by atoms with E-state index < -0.39 is 6.04 Å². The SMILES string of the molecule is Cc1nsc(N2CCCN(C(=O)C(C)N)CC2)n1.Cl. The van der Waals surface area contributed by atoms with Gasteiger partial charge in [-0.15, -0.1) is 12.4 Å². The quantitative estimate of drug-likeness (QED) is 0.868. The molecule has 0 spiro atoms. The molecule has 0 bridgehead atoms. The van der Waals surface area contributed by atoms with E-state index in [9.17, 15) is 4.79 Å². The summed E-state index contributed by atoms with van der Waals surface area (Å²) in [4.78, 5) is 20.3. The summed E-state index contributed by atoms with van der Waals surface area (Å²) in [6, 6.07) is -0.416. The van der Waals surface area contributed by atoms with E-state index in [1.807, 2.05) is 11.8 Å². The number of rotatable bonds is 2. The maximum Gasteiger partial charge on any atom is 0.239 e. The molecule has 1 aromatic heterocycles. The molecule has 1 fully saturated rings. The summed E-state index contributed by atoms with van der Waals surface area (Å²) in [6.07, 6.45) is 0.942. The van der Waals surface area contributed by atoms with Crippen LogP contribution in [0.25, 0.3) is 0 Å². The van der Waals surface area contributed by atoms with Crippen molar-refractivity contribution >= 4 is 35.0 Å². The molecule has 1 saturated heterocycles. The van der Waals surface area contributed by atoms with Crippen molar-refractivity contribution in [2.75, 3.05) is 31.1 Å². The number of carbonyl (C=O) groups excluding carboxylic acids is 1. The van der Waals surface area contributed by atoms with Gasteiger partial charge in [-0.3, -0.25) is 4.79 Å². The summed E-state index contributed by atoms with van der Waals surface area (Å²) in [7, 11) is 0. The first kappa shape index (κ1) is 16.1. The summed E-state index contributed by atoms with van der Waals surface area (Å²) < 4.78 is 4.19. The average Bonchev–Trinajstić information content (AvgIpc) is 2.63. The van der Waals surface area contributed by atoms with Crippen LogP contribution in [0.4, 0.5) is 5.13 Å². The van der Waals surface area contributed by atoms with E-state index in [2.05, 4.69) is 14.3 Å². The van der Waals surface area contributed by atoms with Gasteiger partial charge < -0.3 is 15.5 Å². The minimum absolute atomic E-state index is 0. The van der Waals surface area contributed by atoms with Gasteiger partial charge in [0.2, 0.25) is 11.0 Å². The van der Waals surface area contributed by atoms with Crippen LogP contribution < -0.4 is 10.6 Å². The summed E-state index contributed by atoms with van der Waals surface area (Å²) >= 11 is 1.42. The average molecular weight is 306 g/mol. The Morgan fingerprint density at radius 1 is 1.37 bits per heavy atom. The van der Waals surface area contributed by atoms with Gasteiger partial charge in [0.15, 0.2) is 0 Å². The number of halogens is 1. The molecule has 1 amide bonds. The van der Waals surface area contributed by atoms with Crippen LogP contribution in [0.1, 0.15) is 19.2 Å². The maximum atomic E-state index is 11.9. The van der Waals surface area contributed by atoms with E-state index in [4.69, 9.17) is 5.73 Å². The molecule has 0 saturated carbocycles. The standard InChI is InChI=1S/C11H19N5OS.ClH/c1-8(12)10(17)15-4-3-5-16(7-6-15)11-13-9(2)14-18-11;/h8H,3-7,12H2,1-2H3;1H. The highest BCUT2D eigenvalue weighted by molar-refractivity contribution is 7.09. The fraction of sp³-hybridized carbons (Fsp3) is 0.727. The van der Waals surface area contributed by atoms with E-state index in [1.165, 1.54) is 11.5 Å². The third-order valence-electron chi connectivity index (χ3n) is 2.98. The number of nitrogens with zero attached hydrogens (tertiary/aromatic N) is 4. The Morgan fingerprint density at radius 2 is 2.11 bits per heavy atom. The third kappa shape index (κ3) is 4.02. The highest BCUT2D eigenvalue weighted by atomic mass is 35.5. The minimum Gasteiger partial charge on any atom is -0.345 e. The fourth-order valence-electron chi connectivity index (χ4n) is 2.03. The van der Waals surface area contributed by atoms with Crippen molar-refractivity contribution in [2.45, 2.75) is 26.3 Å². The maximum absolute atomic E-state index is 11.9. The van der Waals surface area contributed by atoms with E-state index in [-0.39, 0.29) is 18.3 Å². The number of aromatic nitrogens is 2. The lowest BCUT2D eigenvalue weighted by Crippen LogP contribution is -2.43. The Hall–Kier alpha value is -0.920. The summed E-state index contributed by atoms with van der Waals surface area (Å²) in [5.74, 6) is 0.841. The van der Waals surface area contributed by atoms with E-state index in [1.54, 1.807) is 6.92 Å². The zero-order chi connectivity index (χ0) is 13.1. The molecule has 8 heteroatoms. The van der Waals surface area contributed by atoms with Crippen LogP contribution in [0.5, 0.6) is 0 Å². The molecule has 108 valence electrons. The number of hydrogen-bond donors (Lipinski definition) is 1.